The summed E-state index contributed by atoms with van der Waals surface area (Å²) >= 11 is 0. The largest absolute Gasteiger partial charge is 0.472 e. The lowest BCUT2D eigenvalue weighted by molar-refractivity contribution is 0.00181. The zero-order valence-electron chi connectivity index (χ0n) is 32.2. The van der Waals surface area contributed by atoms with Crippen LogP contribution in [0.1, 0.15) is 146 Å². The molecule has 4 rings (SSSR count). The van der Waals surface area contributed by atoms with Crippen molar-refractivity contribution in [1.82, 2.24) is 14.6 Å². The third-order valence-electron chi connectivity index (χ3n) is 10.0. The van der Waals surface area contributed by atoms with Gasteiger partial charge in [0, 0.05) is 19.1 Å². The van der Waals surface area contributed by atoms with Crippen molar-refractivity contribution in [2.24, 2.45) is 5.92 Å². The number of fused-ring (bicyclic) bond motifs is 1. The Morgan fingerprint density at radius 1 is 0.887 bits per heavy atom. The van der Waals surface area contributed by atoms with Crippen molar-refractivity contribution in [2.45, 2.75) is 148 Å². The molecular weight excluding hydrogens is 689 g/mol. The van der Waals surface area contributed by atoms with Gasteiger partial charge >= 0.3 is 7.82 Å². The number of nitrogens with two attached hydrogens (primary N) is 1. The molecule has 0 spiro atoms. The first-order chi connectivity index (χ1) is 25.9. The summed E-state index contributed by atoms with van der Waals surface area (Å²) in [7, 11) is -4.28. The van der Waals surface area contributed by atoms with E-state index in [0.29, 0.717) is 25.5 Å². The minimum absolute atomic E-state index is 0.0282. The molecule has 296 valence electrons. The van der Waals surface area contributed by atoms with Crippen molar-refractivity contribution in [3.63, 3.8) is 0 Å². The summed E-state index contributed by atoms with van der Waals surface area (Å²) in [5.41, 5.74) is 8.78. The Kier molecular flexibility index (Phi) is 22.6. The van der Waals surface area contributed by atoms with E-state index < -0.39 is 7.82 Å². The third-order valence-corrected chi connectivity index (χ3v) is 11.0. The normalized spacial score (nSPS) is 17.4. The van der Waals surface area contributed by atoms with Gasteiger partial charge < -0.3 is 20.1 Å². The van der Waals surface area contributed by atoms with Crippen LogP contribution < -0.4 is 5.73 Å². The second-order valence-corrected chi connectivity index (χ2v) is 15.8. The van der Waals surface area contributed by atoms with Crippen LogP contribution in [0.3, 0.4) is 0 Å². The molecule has 1 aliphatic rings. The lowest BCUT2D eigenvalue weighted by Crippen LogP contribution is -2.19. The molecular formula is C41H66N5O6P. The van der Waals surface area contributed by atoms with E-state index in [2.05, 4.69) is 35.7 Å². The summed E-state index contributed by atoms with van der Waals surface area (Å²) < 4.78 is 37.8. The molecule has 1 aliphatic heterocycles. The zero-order valence-corrected chi connectivity index (χ0v) is 33.1. The van der Waals surface area contributed by atoms with Gasteiger partial charge in [0.1, 0.15) is 17.9 Å². The molecule has 1 saturated heterocycles. The first-order valence-corrected chi connectivity index (χ1v) is 21.7. The predicted octanol–water partition coefficient (Wildman–Crippen LogP) is 10.3. The third kappa shape index (κ3) is 17.9. The number of phosphoric ester groups is 1. The van der Waals surface area contributed by atoms with Gasteiger partial charge in [0.25, 0.3) is 0 Å². The molecule has 0 radical (unpaired) electrons. The van der Waals surface area contributed by atoms with E-state index >= 15 is 0 Å². The Hall–Kier alpha value is -2.84. The van der Waals surface area contributed by atoms with Gasteiger partial charge in [-0.2, -0.15) is 5.10 Å². The average molecular weight is 756 g/mol. The Morgan fingerprint density at radius 3 is 2.15 bits per heavy atom. The molecule has 0 saturated carbocycles. The van der Waals surface area contributed by atoms with E-state index in [-0.39, 0.29) is 31.3 Å². The fourth-order valence-corrected chi connectivity index (χ4v) is 7.74. The number of phosphoric acid groups is 1. The van der Waals surface area contributed by atoms with Crippen LogP contribution in [0.25, 0.3) is 5.52 Å². The summed E-state index contributed by atoms with van der Waals surface area (Å²) in [4.78, 5) is 14.6. The molecule has 1 fully saturated rings. The molecule has 0 bridgehead atoms. The van der Waals surface area contributed by atoms with Crippen LogP contribution in [0.5, 0.6) is 0 Å². The van der Waals surface area contributed by atoms with Crippen molar-refractivity contribution in [2.75, 3.05) is 32.2 Å². The van der Waals surface area contributed by atoms with Gasteiger partial charge in [-0.1, -0.05) is 134 Å². The van der Waals surface area contributed by atoms with Crippen molar-refractivity contribution in [3.05, 3.63) is 60.0 Å². The molecule has 4 unspecified atom stereocenters. The fourth-order valence-electron chi connectivity index (χ4n) is 6.91. The molecule has 0 amide bonds. The van der Waals surface area contributed by atoms with Gasteiger partial charge in [-0.15, -0.1) is 0 Å². The van der Waals surface area contributed by atoms with Crippen LogP contribution in [0.2, 0.25) is 0 Å². The van der Waals surface area contributed by atoms with Gasteiger partial charge in [-0.05, 0) is 49.8 Å². The van der Waals surface area contributed by atoms with E-state index in [0.717, 1.165) is 36.9 Å². The summed E-state index contributed by atoms with van der Waals surface area (Å²) in [6, 6.07) is 14.1. The first-order valence-electron chi connectivity index (χ1n) is 20.2. The zero-order chi connectivity index (χ0) is 38.0. The topological polar surface area (TPSA) is 154 Å². The number of benzene rings is 1. The fraction of sp³-hybridized carbons (Fsp3) is 0.683. The number of unbranched alkanes of at least 4 members (excludes halogenated alkanes) is 15. The van der Waals surface area contributed by atoms with Crippen LogP contribution in [0.15, 0.2) is 48.8 Å². The molecule has 12 heteroatoms. The molecule has 3 heterocycles. The highest BCUT2D eigenvalue weighted by molar-refractivity contribution is 7.47. The van der Waals surface area contributed by atoms with Crippen LogP contribution in [0.4, 0.5) is 5.82 Å². The monoisotopic (exact) mass is 755 g/mol. The summed E-state index contributed by atoms with van der Waals surface area (Å²) in [5.74, 6) is 0.375. The average Bonchev–Trinajstić information content (AvgIpc) is 3.84. The van der Waals surface area contributed by atoms with E-state index in [9.17, 15) is 9.46 Å². The number of nitrogens with zero attached hydrogens (tertiary/aromatic N) is 4. The van der Waals surface area contributed by atoms with Gasteiger partial charge in [0.2, 0.25) is 0 Å². The van der Waals surface area contributed by atoms with Crippen LogP contribution in [0, 0.1) is 17.8 Å². The van der Waals surface area contributed by atoms with Gasteiger partial charge in [-0.25, -0.2) is 19.3 Å². The predicted molar refractivity (Wildman–Crippen MR) is 211 cm³/mol. The Labute approximate surface area is 318 Å². The SMILES string of the molecule is C#N.CCCCCCCCCCCCCCCCCCOCC(CCc1ccccc1)COP(=O)(O)OCC1CCC(c2ccc3c(N)ncnn23)O1. The smallest absolute Gasteiger partial charge is 0.382 e. The van der Waals surface area contributed by atoms with Crippen LogP contribution in [-0.4, -0.2) is 52.0 Å². The Bertz CT molecular complexity index is 1440. The number of anilines is 1. The highest BCUT2D eigenvalue weighted by Gasteiger charge is 2.32. The molecule has 3 aromatic rings. The van der Waals surface area contributed by atoms with Crippen LogP contribution in [-0.2, 0) is 29.5 Å². The molecule has 2 aromatic heterocycles. The summed E-state index contributed by atoms with van der Waals surface area (Å²) in [5, 5.41) is 10.8. The van der Waals surface area contributed by atoms with E-state index in [1.165, 1.54) is 108 Å². The number of aromatic nitrogens is 3. The van der Waals surface area contributed by atoms with Crippen molar-refractivity contribution >= 4 is 19.2 Å². The molecule has 4 atom stereocenters. The molecule has 0 aliphatic carbocycles. The molecule has 53 heavy (non-hydrogen) atoms. The van der Waals surface area contributed by atoms with Crippen molar-refractivity contribution < 1.29 is 28.0 Å². The maximum atomic E-state index is 12.9. The number of hydrogen-bond donors (Lipinski definition) is 2. The Balaban J connectivity index is 0.00000372. The number of ether oxygens (including phenoxy) is 2. The maximum Gasteiger partial charge on any atom is 0.472 e. The quantitative estimate of drug-likeness (QED) is 0.0517. The summed E-state index contributed by atoms with van der Waals surface area (Å²) in [6.07, 6.45) is 25.4. The first kappa shape index (κ1) is 44.6. The number of aryl methyl sites for hydroxylation is 1. The Morgan fingerprint density at radius 2 is 1.51 bits per heavy atom. The molecule has 11 nitrogen and oxygen atoms in total. The van der Waals surface area contributed by atoms with E-state index in [1.54, 1.807) is 4.52 Å². The second-order valence-electron chi connectivity index (χ2n) is 14.4. The highest BCUT2D eigenvalue weighted by atomic mass is 31.2. The standard InChI is InChI=1S/C40H65N4O6P.CHN/c1-2-3-4-5-6-7-8-9-10-11-12-13-14-15-16-20-29-47-30-35(24-23-34-21-18-17-19-22-34)31-48-51(45,46)49-32-36-25-28-39(50-36)37-26-27-38-40(41)42-33-43-44(37)38;1-2/h17-19,21-22,26-27,33,35-36,39H,2-16,20,23-25,28-32H2,1H3,(H,45,46)(H2,41,42,43);1H. The molecule has 1 aromatic carbocycles. The van der Waals surface area contributed by atoms with Crippen molar-refractivity contribution in [1.29, 1.82) is 5.26 Å². The second kappa shape index (κ2) is 26.9. The number of hydrogen-bond acceptors (Lipinski definition) is 9. The minimum atomic E-state index is -4.28. The van der Waals surface area contributed by atoms with Crippen LogP contribution >= 0.6 is 7.82 Å². The lowest BCUT2D eigenvalue weighted by Gasteiger charge is -2.20. The van der Waals surface area contributed by atoms with Crippen molar-refractivity contribution in [3.8, 4) is 6.57 Å². The number of rotatable bonds is 29. The summed E-state index contributed by atoms with van der Waals surface area (Å²) in [6.45, 7) is 7.02. The van der Waals surface area contributed by atoms with Gasteiger partial charge in [0.15, 0.2) is 5.82 Å². The highest BCUT2D eigenvalue weighted by Crippen LogP contribution is 2.45. The minimum Gasteiger partial charge on any atom is -0.382 e. The number of nitrogen functional groups attached to an aromatic ring is 1. The lowest BCUT2D eigenvalue weighted by atomic mass is 10.0. The molecule has 3 N–H and O–H groups in total. The van der Waals surface area contributed by atoms with Gasteiger partial charge in [-0.3, -0.25) is 9.05 Å². The van der Waals surface area contributed by atoms with Gasteiger partial charge in [0.05, 0.1) is 31.6 Å². The van der Waals surface area contributed by atoms with E-state index in [4.69, 9.17) is 29.5 Å². The number of nitriles is 1. The van der Waals surface area contributed by atoms with E-state index in [1.807, 2.05) is 30.3 Å². The maximum absolute atomic E-state index is 12.9.